The minimum atomic E-state index is -0.978. The van der Waals surface area contributed by atoms with Crippen molar-refractivity contribution < 1.29 is 33.6 Å². The molecule has 2 aliphatic heterocycles. The van der Waals surface area contributed by atoms with Crippen LogP contribution in [0.4, 0.5) is 5.13 Å². The Morgan fingerprint density at radius 2 is 1.82 bits per heavy atom. The number of hydrogen-bond donors (Lipinski definition) is 1. The first-order valence-electron chi connectivity index (χ1n) is 13.3. The standard InChI is InChI=1S/C29H31N3O7S/c1-4-6-7-12-37-20-10-8-18(15-22(20)36-5-2)25-24(27(34)28(35)32(25)29-31-30-17(3)40-29)26(33)19-9-11-21-23(16-19)39-14-13-38-21/h8-11,15-16,25,33H,4-7,12-14H2,1-3H3/b26-24+. The monoisotopic (exact) mass is 565 g/mol. The fourth-order valence-electron chi connectivity index (χ4n) is 4.69. The van der Waals surface area contributed by atoms with Crippen LogP contribution in [-0.2, 0) is 9.59 Å². The number of anilines is 1. The second-order valence-corrected chi connectivity index (χ2v) is 10.5. The van der Waals surface area contributed by atoms with Gasteiger partial charge in [-0.15, -0.1) is 10.2 Å². The number of benzene rings is 2. The van der Waals surface area contributed by atoms with Crippen molar-refractivity contribution in [3.8, 4) is 23.0 Å². The molecule has 1 atom stereocenters. The maximum absolute atomic E-state index is 13.5. The van der Waals surface area contributed by atoms with Gasteiger partial charge < -0.3 is 24.1 Å². The third-order valence-electron chi connectivity index (χ3n) is 6.57. The van der Waals surface area contributed by atoms with E-state index < -0.39 is 17.7 Å². The number of carbonyl (C=O) groups excluding carboxylic acids is 2. The number of ether oxygens (including phenoxy) is 4. The number of aryl methyl sites for hydroxylation is 1. The number of amides is 1. The Bertz CT molecular complexity index is 1450. The molecule has 0 bridgehead atoms. The molecule has 1 N–H and O–H groups in total. The van der Waals surface area contributed by atoms with E-state index in [1.54, 1.807) is 43.3 Å². The van der Waals surface area contributed by atoms with E-state index in [4.69, 9.17) is 18.9 Å². The Balaban J connectivity index is 1.62. The Morgan fingerprint density at radius 3 is 2.55 bits per heavy atom. The zero-order valence-corrected chi connectivity index (χ0v) is 23.5. The number of nitrogens with zero attached hydrogens (tertiary/aromatic N) is 3. The molecule has 0 saturated carbocycles. The van der Waals surface area contributed by atoms with Gasteiger partial charge in [0.25, 0.3) is 5.78 Å². The normalized spacial score (nSPS) is 17.8. The van der Waals surface area contributed by atoms with Crippen LogP contribution < -0.4 is 23.8 Å². The van der Waals surface area contributed by atoms with Crippen LogP contribution in [0.1, 0.15) is 55.3 Å². The molecule has 2 aliphatic rings. The molecule has 40 heavy (non-hydrogen) atoms. The second kappa shape index (κ2) is 12.0. The molecule has 1 fully saturated rings. The molecule has 0 spiro atoms. The molecule has 0 aliphatic carbocycles. The number of rotatable bonds is 10. The fourth-order valence-corrected chi connectivity index (χ4v) is 5.41. The molecule has 0 radical (unpaired) electrons. The van der Waals surface area contributed by atoms with E-state index in [0.717, 1.165) is 19.3 Å². The van der Waals surface area contributed by atoms with Gasteiger partial charge in [0.15, 0.2) is 23.0 Å². The lowest BCUT2D eigenvalue weighted by Gasteiger charge is -2.24. The van der Waals surface area contributed by atoms with Crippen LogP contribution in [0, 0.1) is 6.92 Å². The predicted molar refractivity (Wildman–Crippen MR) is 149 cm³/mol. The maximum Gasteiger partial charge on any atom is 0.301 e. The number of unbranched alkanes of at least 4 members (excludes halogenated alkanes) is 2. The number of aromatic nitrogens is 2. The summed E-state index contributed by atoms with van der Waals surface area (Å²) < 4.78 is 23.1. The third kappa shape index (κ3) is 5.33. The van der Waals surface area contributed by atoms with E-state index in [1.807, 2.05) is 6.92 Å². The van der Waals surface area contributed by atoms with Gasteiger partial charge in [-0.2, -0.15) is 0 Å². The third-order valence-corrected chi connectivity index (χ3v) is 7.41. The average molecular weight is 566 g/mol. The van der Waals surface area contributed by atoms with Crippen molar-refractivity contribution >= 4 is 33.9 Å². The largest absolute Gasteiger partial charge is 0.507 e. The van der Waals surface area contributed by atoms with Crippen LogP contribution in [0.3, 0.4) is 0 Å². The van der Waals surface area contributed by atoms with E-state index in [1.165, 1.54) is 16.2 Å². The number of aliphatic hydroxyl groups excluding tert-OH is 1. The highest BCUT2D eigenvalue weighted by atomic mass is 32.1. The topological polar surface area (TPSA) is 120 Å². The molecule has 1 saturated heterocycles. The quantitative estimate of drug-likeness (QED) is 0.153. The van der Waals surface area contributed by atoms with Gasteiger partial charge in [-0.05, 0) is 56.2 Å². The SMILES string of the molecule is CCCCCOc1ccc(C2/C(=C(\O)c3ccc4c(c3)OCCO4)C(=O)C(=O)N2c2nnc(C)s2)cc1OCC. The smallest absolute Gasteiger partial charge is 0.301 e. The van der Waals surface area contributed by atoms with Crippen molar-refractivity contribution in [1.82, 2.24) is 10.2 Å². The zero-order chi connectivity index (χ0) is 28.2. The van der Waals surface area contributed by atoms with Crippen LogP contribution in [0.25, 0.3) is 5.76 Å². The minimum absolute atomic E-state index is 0.0754. The Labute approximate surface area is 236 Å². The predicted octanol–water partition coefficient (Wildman–Crippen LogP) is 5.21. The summed E-state index contributed by atoms with van der Waals surface area (Å²) in [5.74, 6) is 0.0688. The molecule has 3 aromatic rings. The maximum atomic E-state index is 13.5. The van der Waals surface area contributed by atoms with Crippen molar-refractivity contribution in [2.75, 3.05) is 31.3 Å². The van der Waals surface area contributed by atoms with Gasteiger partial charge in [-0.1, -0.05) is 37.2 Å². The summed E-state index contributed by atoms with van der Waals surface area (Å²) in [5.41, 5.74) is 0.797. The van der Waals surface area contributed by atoms with Crippen molar-refractivity contribution in [1.29, 1.82) is 0 Å². The first-order chi connectivity index (χ1) is 19.4. The lowest BCUT2D eigenvalue weighted by molar-refractivity contribution is -0.132. The Hall–Kier alpha value is -4.12. The number of Topliss-reactive ketones (excluding diaryl/α,β-unsaturated/α-hetero) is 1. The van der Waals surface area contributed by atoms with Crippen LogP contribution in [0.5, 0.6) is 23.0 Å². The second-order valence-electron chi connectivity index (χ2n) is 9.33. The van der Waals surface area contributed by atoms with Crippen molar-refractivity contribution in [2.45, 2.75) is 46.1 Å². The summed E-state index contributed by atoms with van der Waals surface area (Å²) >= 11 is 1.18. The molecule has 1 aromatic heterocycles. The van der Waals surface area contributed by atoms with Crippen LogP contribution in [-0.4, -0.2) is 53.4 Å². The first-order valence-corrected chi connectivity index (χ1v) is 14.1. The molecular formula is C29H31N3O7S. The van der Waals surface area contributed by atoms with E-state index in [2.05, 4.69) is 17.1 Å². The van der Waals surface area contributed by atoms with Gasteiger partial charge in [-0.25, -0.2) is 0 Å². The molecule has 5 rings (SSSR count). The zero-order valence-electron chi connectivity index (χ0n) is 22.6. The van der Waals surface area contributed by atoms with Gasteiger partial charge >= 0.3 is 5.91 Å². The lowest BCUT2D eigenvalue weighted by Crippen LogP contribution is -2.29. The average Bonchev–Trinajstić information content (AvgIpc) is 3.51. The molecule has 1 unspecified atom stereocenters. The highest BCUT2D eigenvalue weighted by molar-refractivity contribution is 7.15. The van der Waals surface area contributed by atoms with Gasteiger partial charge in [0, 0.05) is 5.56 Å². The van der Waals surface area contributed by atoms with Crippen LogP contribution in [0.15, 0.2) is 42.0 Å². The fraction of sp³-hybridized carbons (Fsp3) is 0.379. The highest BCUT2D eigenvalue weighted by Crippen LogP contribution is 2.45. The van der Waals surface area contributed by atoms with Crippen molar-refractivity contribution in [3.63, 3.8) is 0 Å². The summed E-state index contributed by atoms with van der Waals surface area (Å²) in [4.78, 5) is 28.2. The van der Waals surface area contributed by atoms with Crippen molar-refractivity contribution in [3.05, 3.63) is 58.1 Å². The Morgan fingerprint density at radius 1 is 1.02 bits per heavy atom. The number of ketones is 1. The first kappa shape index (κ1) is 27.4. The lowest BCUT2D eigenvalue weighted by atomic mass is 9.95. The number of aliphatic hydroxyl groups is 1. The summed E-state index contributed by atoms with van der Waals surface area (Å²) in [6.45, 7) is 7.48. The molecule has 2 aromatic carbocycles. The summed E-state index contributed by atoms with van der Waals surface area (Å²) in [5, 5.41) is 20.6. The summed E-state index contributed by atoms with van der Waals surface area (Å²) in [6.07, 6.45) is 3.04. The van der Waals surface area contributed by atoms with Crippen LogP contribution >= 0.6 is 11.3 Å². The van der Waals surface area contributed by atoms with Gasteiger partial charge in [0.1, 0.15) is 24.0 Å². The van der Waals surface area contributed by atoms with Crippen molar-refractivity contribution in [2.24, 2.45) is 0 Å². The van der Waals surface area contributed by atoms with Gasteiger partial charge in [-0.3, -0.25) is 14.5 Å². The number of carbonyl (C=O) groups is 2. The molecule has 10 nitrogen and oxygen atoms in total. The van der Waals surface area contributed by atoms with Crippen LogP contribution in [0.2, 0.25) is 0 Å². The molecule has 210 valence electrons. The Kier molecular flexibility index (Phi) is 8.20. The van der Waals surface area contributed by atoms with E-state index in [0.29, 0.717) is 65.6 Å². The van der Waals surface area contributed by atoms with Gasteiger partial charge in [0.05, 0.1) is 24.8 Å². The molecule has 1 amide bonds. The van der Waals surface area contributed by atoms with E-state index in [-0.39, 0.29) is 16.5 Å². The minimum Gasteiger partial charge on any atom is -0.507 e. The highest BCUT2D eigenvalue weighted by Gasteiger charge is 2.48. The number of fused-ring (bicyclic) bond motifs is 1. The van der Waals surface area contributed by atoms with Gasteiger partial charge in [0.2, 0.25) is 5.13 Å². The molecule has 3 heterocycles. The van der Waals surface area contributed by atoms with E-state index >= 15 is 0 Å². The molecule has 11 heteroatoms. The van der Waals surface area contributed by atoms with E-state index in [9.17, 15) is 14.7 Å². The summed E-state index contributed by atoms with van der Waals surface area (Å²) in [7, 11) is 0. The number of hydrogen-bond acceptors (Lipinski definition) is 10. The summed E-state index contributed by atoms with van der Waals surface area (Å²) in [6, 6.07) is 9.19. The molecular weight excluding hydrogens is 534 g/mol.